The minimum atomic E-state index is -0.251. The highest BCUT2D eigenvalue weighted by molar-refractivity contribution is 5.81. The van der Waals surface area contributed by atoms with Gasteiger partial charge in [0.15, 0.2) is 0 Å². The molecule has 3 aliphatic rings. The molecule has 2 heterocycles. The smallest absolute Gasteiger partial charge is 0.317 e. The number of nitrogens with one attached hydrogen (secondary N) is 1. The molecule has 0 aromatic heterocycles. The minimum Gasteiger partial charge on any atom is -0.368 e. The molecule has 1 saturated carbocycles. The molecule has 0 bridgehead atoms. The summed E-state index contributed by atoms with van der Waals surface area (Å²) in [6.45, 7) is 3.40. The van der Waals surface area contributed by atoms with Crippen LogP contribution in [0.1, 0.15) is 44.9 Å². The lowest BCUT2D eigenvalue weighted by atomic mass is 10.2. The molecule has 22 heavy (non-hydrogen) atoms. The van der Waals surface area contributed by atoms with E-state index in [1.807, 2.05) is 9.80 Å². The molecule has 0 aromatic rings. The molecule has 1 atom stereocenters. The monoisotopic (exact) mass is 309 g/mol. The molecular weight excluding hydrogens is 282 g/mol. The molecule has 0 aromatic carbocycles. The zero-order valence-corrected chi connectivity index (χ0v) is 13.3. The summed E-state index contributed by atoms with van der Waals surface area (Å²) in [5.74, 6) is 0.107. The quantitative estimate of drug-likeness (QED) is 0.837. The number of carbonyl (C=O) groups is 2. The Hall–Kier alpha value is -1.30. The molecule has 6 nitrogen and oxygen atoms in total. The van der Waals surface area contributed by atoms with E-state index in [9.17, 15) is 9.59 Å². The molecule has 6 heteroatoms. The van der Waals surface area contributed by atoms with E-state index in [1.54, 1.807) is 0 Å². The number of hydrogen-bond acceptors (Lipinski definition) is 3. The zero-order valence-electron chi connectivity index (χ0n) is 13.3. The van der Waals surface area contributed by atoms with Crippen molar-refractivity contribution in [3.8, 4) is 0 Å². The second-order valence-electron chi connectivity index (χ2n) is 6.60. The van der Waals surface area contributed by atoms with E-state index >= 15 is 0 Å². The van der Waals surface area contributed by atoms with Crippen molar-refractivity contribution in [3.05, 3.63) is 0 Å². The molecule has 0 radical (unpaired) electrons. The number of urea groups is 1. The third-order valence-corrected chi connectivity index (χ3v) is 4.98. The van der Waals surface area contributed by atoms with Crippen molar-refractivity contribution in [2.45, 2.75) is 57.1 Å². The van der Waals surface area contributed by atoms with Crippen molar-refractivity contribution >= 4 is 11.9 Å². The molecule has 3 fully saturated rings. The fourth-order valence-electron chi connectivity index (χ4n) is 3.65. The molecule has 124 valence electrons. The van der Waals surface area contributed by atoms with Gasteiger partial charge < -0.3 is 19.9 Å². The van der Waals surface area contributed by atoms with E-state index in [-0.39, 0.29) is 18.0 Å². The van der Waals surface area contributed by atoms with Crippen LogP contribution >= 0.6 is 0 Å². The van der Waals surface area contributed by atoms with Gasteiger partial charge in [-0.05, 0) is 32.1 Å². The Balaban J connectivity index is 1.48. The third-order valence-electron chi connectivity index (χ3n) is 4.98. The van der Waals surface area contributed by atoms with Crippen LogP contribution in [0.4, 0.5) is 4.79 Å². The summed E-state index contributed by atoms with van der Waals surface area (Å²) in [6, 6.07) is 0.388. The molecule has 0 spiro atoms. The van der Waals surface area contributed by atoms with Gasteiger partial charge in [-0.2, -0.15) is 0 Å². The summed E-state index contributed by atoms with van der Waals surface area (Å²) in [7, 11) is 0. The van der Waals surface area contributed by atoms with Crippen molar-refractivity contribution in [2.75, 3.05) is 32.8 Å². The van der Waals surface area contributed by atoms with Gasteiger partial charge in [0.2, 0.25) is 0 Å². The van der Waals surface area contributed by atoms with Gasteiger partial charge in [-0.1, -0.05) is 12.8 Å². The summed E-state index contributed by atoms with van der Waals surface area (Å²) in [5, 5.41) is 3.13. The van der Waals surface area contributed by atoms with Crippen LogP contribution in [0.3, 0.4) is 0 Å². The van der Waals surface area contributed by atoms with Gasteiger partial charge in [-0.15, -0.1) is 0 Å². The summed E-state index contributed by atoms with van der Waals surface area (Å²) in [5.41, 5.74) is 0. The highest BCUT2D eigenvalue weighted by Crippen LogP contribution is 2.19. The van der Waals surface area contributed by atoms with E-state index in [2.05, 4.69) is 5.32 Å². The van der Waals surface area contributed by atoms with Crippen molar-refractivity contribution in [3.63, 3.8) is 0 Å². The molecular formula is C16H27N3O3. The number of ether oxygens (including phenoxy) is 1. The van der Waals surface area contributed by atoms with Crippen molar-refractivity contribution in [2.24, 2.45) is 0 Å². The van der Waals surface area contributed by atoms with Crippen LogP contribution in [0.15, 0.2) is 0 Å². The highest BCUT2D eigenvalue weighted by Gasteiger charge is 2.30. The van der Waals surface area contributed by atoms with Gasteiger partial charge in [-0.3, -0.25) is 4.79 Å². The number of nitrogens with zero attached hydrogens (tertiary/aromatic N) is 2. The zero-order chi connectivity index (χ0) is 15.4. The van der Waals surface area contributed by atoms with E-state index in [0.29, 0.717) is 25.7 Å². The first kappa shape index (κ1) is 15.6. The fraction of sp³-hybridized carbons (Fsp3) is 0.875. The Morgan fingerprint density at radius 3 is 2.32 bits per heavy atom. The molecule has 2 aliphatic heterocycles. The third kappa shape index (κ3) is 3.72. The van der Waals surface area contributed by atoms with E-state index in [4.69, 9.17) is 4.74 Å². The van der Waals surface area contributed by atoms with Crippen LogP contribution in [0, 0.1) is 0 Å². The van der Waals surface area contributed by atoms with Gasteiger partial charge in [0, 0.05) is 38.8 Å². The van der Waals surface area contributed by atoms with Gasteiger partial charge in [0.1, 0.15) is 6.10 Å². The number of amides is 3. The second-order valence-corrected chi connectivity index (χ2v) is 6.60. The number of rotatable bonds is 2. The van der Waals surface area contributed by atoms with Crippen LogP contribution in [0.5, 0.6) is 0 Å². The SMILES string of the molecule is O=C(NC1CCCC1)N1CCCN(C(=O)C2CCCO2)CC1. The van der Waals surface area contributed by atoms with Crippen molar-refractivity contribution in [1.29, 1.82) is 0 Å². The number of hydrogen-bond donors (Lipinski definition) is 1. The van der Waals surface area contributed by atoms with E-state index < -0.39 is 0 Å². The Morgan fingerprint density at radius 1 is 0.864 bits per heavy atom. The van der Waals surface area contributed by atoms with E-state index in [1.165, 1.54) is 12.8 Å². The van der Waals surface area contributed by atoms with Crippen LogP contribution in [0.2, 0.25) is 0 Å². The van der Waals surface area contributed by atoms with Crippen LogP contribution in [-0.2, 0) is 9.53 Å². The topological polar surface area (TPSA) is 61.9 Å². The lowest BCUT2D eigenvalue weighted by Crippen LogP contribution is -2.46. The average molecular weight is 309 g/mol. The molecule has 1 aliphatic carbocycles. The highest BCUT2D eigenvalue weighted by atomic mass is 16.5. The maximum Gasteiger partial charge on any atom is 0.317 e. The lowest BCUT2D eigenvalue weighted by molar-refractivity contribution is -0.140. The first-order chi connectivity index (χ1) is 10.7. The predicted molar refractivity (Wildman–Crippen MR) is 82.5 cm³/mol. The summed E-state index contributed by atoms with van der Waals surface area (Å²) in [6.07, 6.45) is 7.03. The van der Waals surface area contributed by atoms with Gasteiger partial charge in [0.25, 0.3) is 5.91 Å². The molecule has 1 N–H and O–H groups in total. The largest absolute Gasteiger partial charge is 0.368 e. The van der Waals surface area contributed by atoms with E-state index in [0.717, 1.165) is 45.2 Å². The van der Waals surface area contributed by atoms with Gasteiger partial charge in [0.05, 0.1) is 0 Å². The minimum absolute atomic E-state index is 0.0401. The second kappa shape index (κ2) is 7.31. The van der Waals surface area contributed by atoms with Crippen LogP contribution in [0.25, 0.3) is 0 Å². The van der Waals surface area contributed by atoms with Crippen LogP contribution < -0.4 is 5.32 Å². The Bertz CT molecular complexity index is 403. The Morgan fingerprint density at radius 2 is 1.59 bits per heavy atom. The first-order valence-corrected chi connectivity index (χ1v) is 8.70. The Kier molecular flexibility index (Phi) is 5.18. The molecule has 1 unspecified atom stereocenters. The summed E-state index contributed by atoms with van der Waals surface area (Å²) >= 11 is 0. The standard InChI is InChI=1S/C16H27N3O3/c20-15(14-7-3-12-22-14)18-8-4-9-19(11-10-18)16(21)17-13-5-1-2-6-13/h13-14H,1-12H2,(H,17,21). The van der Waals surface area contributed by atoms with Gasteiger partial charge >= 0.3 is 6.03 Å². The summed E-state index contributed by atoms with van der Waals surface area (Å²) in [4.78, 5) is 28.5. The Labute approximate surface area is 132 Å². The maximum absolute atomic E-state index is 12.4. The number of carbonyl (C=O) groups excluding carboxylic acids is 2. The molecule has 2 saturated heterocycles. The van der Waals surface area contributed by atoms with Gasteiger partial charge in [-0.25, -0.2) is 4.79 Å². The first-order valence-electron chi connectivity index (χ1n) is 8.70. The maximum atomic E-state index is 12.4. The fourth-order valence-corrected chi connectivity index (χ4v) is 3.65. The predicted octanol–water partition coefficient (Wildman–Crippen LogP) is 1.35. The van der Waals surface area contributed by atoms with Crippen LogP contribution in [-0.4, -0.2) is 66.7 Å². The van der Waals surface area contributed by atoms with Crippen molar-refractivity contribution in [1.82, 2.24) is 15.1 Å². The lowest BCUT2D eigenvalue weighted by Gasteiger charge is -2.25. The molecule has 3 rings (SSSR count). The molecule has 3 amide bonds. The average Bonchev–Trinajstić information content (AvgIpc) is 3.16. The van der Waals surface area contributed by atoms with Crippen molar-refractivity contribution < 1.29 is 14.3 Å². The summed E-state index contributed by atoms with van der Waals surface area (Å²) < 4.78 is 5.49. The normalized spacial score (nSPS) is 27.0.